The molecule has 3 heterocycles. The van der Waals surface area contributed by atoms with E-state index >= 15 is 0 Å². The third-order valence-electron chi connectivity index (χ3n) is 3.97. The van der Waals surface area contributed by atoms with Gasteiger partial charge in [-0.2, -0.15) is 15.0 Å². The molecule has 0 bridgehead atoms. The van der Waals surface area contributed by atoms with Gasteiger partial charge in [0.15, 0.2) is 0 Å². The van der Waals surface area contributed by atoms with Gasteiger partial charge in [0.25, 0.3) is 0 Å². The summed E-state index contributed by atoms with van der Waals surface area (Å²) >= 11 is 6.07. The molecule has 1 atom stereocenters. The molecule has 7 heteroatoms. The predicted molar refractivity (Wildman–Crippen MR) is 78.5 cm³/mol. The summed E-state index contributed by atoms with van der Waals surface area (Å²) in [4.78, 5) is 17.5. The summed E-state index contributed by atoms with van der Waals surface area (Å²) in [7, 11) is 1.75. The maximum Gasteiger partial charge on any atom is 0.231 e. The maximum absolute atomic E-state index is 6.07. The minimum atomic E-state index is 0.245. The molecular formula is C13H20ClN5O. The molecule has 0 N–H and O–H groups in total. The molecule has 1 unspecified atom stereocenters. The predicted octanol–water partition coefficient (Wildman–Crippen LogP) is 1.74. The fourth-order valence-electron chi connectivity index (χ4n) is 2.84. The van der Waals surface area contributed by atoms with E-state index < -0.39 is 0 Å². The van der Waals surface area contributed by atoms with Gasteiger partial charge in [0, 0.05) is 33.3 Å². The van der Waals surface area contributed by atoms with Crippen LogP contribution in [0, 0.1) is 0 Å². The molecule has 2 aliphatic heterocycles. The Bertz CT molecular complexity index is 466. The molecule has 0 radical (unpaired) electrons. The van der Waals surface area contributed by atoms with Crippen molar-refractivity contribution in [1.82, 2.24) is 15.0 Å². The van der Waals surface area contributed by atoms with Crippen LogP contribution in [-0.2, 0) is 4.74 Å². The van der Waals surface area contributed by atoms with Crippen LogP contribution in [0.3, 0.4) is 0 Å². The maximum atomic E-state index is 6.07. The molecule has 0 amide bonds. The highest BCUT2D eigenvalue weighted by molar-refractivity contribution is 6.28. The molecule has 2 saturated heterocycles. The van der Waals surface area contributed by atoms with Crippen LogP contribution in [-0.4, -0.2) is 54.3 Å². The molecule has 2 fully saturated rings. The van der Waals surface area contributed by atoms with Crippen molar-refractivity contribution in [2.24, 2.45) is 0 Å². The van der Waals surface area contributed by atoms with Crippen molar-refractivity contribution in [3.05, 3.63) is 5.28 Å². The van der Waals surface area contributed by atoms with Crippen LogP contribution in [0.5, 0.6) is 0 Å². The van der Waals surface area contributed by atoms with Crippen molar-refractivity contribution in [2.75, 3.05) is 43.1 Å². The molecule has 110 valence electrons. The summed E-state index contributed by atoms with van der Waals surface area (Å²) in [6, 6.07) is 0. The van der Waals surface area contributed by atoms with Crippen molar-refractivity contribution >= 4 is 23.5 Å². The molecule has 0 aliphatic carbocycles. The van der Waals surface area contributed by atoms with E-state index in [-0.39, 0.29) is 11.4 Å². The van der Waals surface area contributed by atoms with E-state index in [1.54, 1.807) is 7.11 Å². The largest absolute Gasteiger partial charge is 0.380 e. The number of halogens is 1. The Hall–Kier alpha value is -1.14. The number of ether oxygens (including phenoxy) is 1. The van der Waals surface area contributed by atoms with Gasteiger partial charge in [0.05, 0.1) is 6.10 Å². The molecule has 6 nitrogen and oxygen atoms in total. The molecule has 20 heavy (non-hydrogen) atoms. The lowest BCUT2D eigenvalue weighted by Crippen LogP contribution is -2.40. The number of aromatic nitrogens is 3. The van der Waals surface area contributed by atoms with Crippen LogP contribution in [0.25, 0.3) is 0 Å². The average Bonchev–Trinajstić information content (AvgIpc) is 3.01. The normalized spacial score (nSPS) is 23.4. The number of methoxy groups -OCH3 is 1. The second kappa shape index (κ2) is 6.10. The molecule has 0 saturated carbocycles. The van der Waals surface area contributed by atoms with Gasteiger partial charge in [-0.15, -0.1) is 0 Å². The van der Waals surface area contributed by atoms with Crippen LogP contribution in [0.1, 0.15) is 25.7 Å². The Labute approximate surface area is 124 Å². The van der Waals surface area contributed by atoms with Gasteiger partial charge >= 0.3 is 0 Å². The molecule has 1 aromatic heterocycles. The molecule has 1 aromatic rings. The number of anilines is 2. The molecular weight excluding hydrogens is 278 g/mol. The number of piperidine rings is 1. The topological polar surface area (TPSA) is 54.4 Å². The SMILES string of the molecule is COC1CCCN(c2nc(Cl)nc(N3CCCC3)n2)C1. The zero-order valence-electron chi connectivity index (χ0n) is 11.8. The first-order valence-electron chi connectivity index (χ1n) is 7.20. The summed E-state index contributed by atoms with van der Waals surface area (Å²) < 4.78 is 5.45. The lowest BCUT2D eigenvalue weighted by Gasteiger charge is -2.32. The van der Waals surface area contributed by atoms with Crippen LogP contribution in [0.2, 0.25) is 5.28 Å². The van der Waals surface area contributed by atoms with Gasteiger partial charge in [-0.25, -0.2) is 0 Å². The second-order valence-corrected chi connectivity index (χ2v) is 5.68. The average molecular weight is 298 g/mol. The van der Waals surface area contributed by atoms with Crippen LogP contribution in [0.4, 0.5) is 11.9 Å². The number of nitrogens with zero attached hydrogens (tertiary/aromatic N) is 5. The lowest BCUT2D eigenvalue weighted by molar-refractivity contribution is 0.0889. The van der Waals surface area contributed by atoms with Gasteiger partial charge in [-0.05, 0) is 37.3 Å². The highest BCUT2D eigenvalue weighted by atomic mass is 35.5. The molecule has 3 rings (SSSR count). The van der Waals surface area contributed by atoms with Crippen LogP contribution in [0.15, 0.2) is 0 Å². The molecule has 0 spiro atoms. The standard InChI is InChI=1S/C13H20ClN5O/c1-20-10-5-4-8-19(9-10)13-16-11(14)15-12(17-13)18-6-2-3-7-18/h10H,2-9H2,1H3. The fourth-order valence-corrected chi connectivity index (χ4v) is 2.99. The summed E-state index contributed by atoms with van der Waals surface area (Å²) in [6.07, 6.45) is 4.79. The minimum absolute atomic E-state index is 0.245. The van der Waals surface area contributed by atoms with Crippen molar-refractivity contribution in [3.8, 4) is 0 Å². The van der Waals surface area contributed by atoms with Crippen LogP contribution < -0.4 is 9.80 Å². The first-order valence-corrected chi connectivity index (χ1v) is 7.58. The van der Waals surface area contributed by atoms with E-state index in [9.17, 15) is 0 Å². The smallest absolute Gasteiger partial charge is 0.231 e. The highest BCUT2D eigenvalue weighted by Gasteiger charge is 2.24. The molecule has 2 aliphatic rings. The zero-order valence-corrected chi connectivity index (χ0v) is 12.5. The number of hydrogen-bond donors (Lipinski definition) is 0. The Morgan fingerprint density at radius 2 is 1.65 bits per heavy atom. The van der Waals surface area contributed by atoms with E-state index in [4.69, 9.17) is 16.3 Å². The van der Waals surface area contributed by atoms with Gasteiger partial charge in [0.2, 0.25) is 17.2 Å². The van der Waals surface area contributed by atoms with Gasteiger partial charge < -0.3 is 14.5 Å². The van der Waals surface area contributed by atoms with Crippen LogP contribution >= 0.6 is 11.6 Å². The zero-order chi connectivity index (χ0) is 13.9. The monoisotopic (exact) mass is 297 g/mol. The van der Waals surface area contributed by atoms with Crippen molar-refractivity contribution in [2.45, 2.75) is 31.8 Å². The summed E-state index contributed by atoms with van der Waals surface area (Å²) in [5.74, 6) is 1.38. The molecule has 0 aromatic carbocycles. The Morgan fingerprint density at radius 1 is 1.00 bits per heavy atom. The minimum Gasteiger partial charge on any atom is -0.380 e. The fraction of sp³-hybridized carbons (Fsp3) is 0.769. The summed E-state index contributed by atoms with van der Waals surface area (Å²) in [5, 5.41) is 0.274. The van der Waals surface area contributed by atoms with E-state index in [2.05, 4.69) is 24.8 Å². The number of hydrogen-bond acceptors (Lipinski definition) is 6. The lowest BCUT2D eigenvalue weighted by atomic mass is 10.1. The second-order valence-electron chi connectivity index (χ2n) is 5.34. The third kappa shape index (κ3) is 2.96. The van der Waals surface area contributed by atoms with E-state index in [1.807, 2.05) is 0 Å². The first kappa shape index (κ1) is 13.8. The van der Waals surface area contributed by atoms with E-state index in [0.29, 0.717) is 11.9 Å². The number of rotatable bonds is 3. The Kier molecular flexibility index (Phi) is 4.21. The van der Waals surface area contributed by atoms with Crippen molar-refractivity contribution in [3.63, 3.8) is 0 Å². The summed E-state index contributed by atoms with van der Waals surface area (Å²) in [5.41, 5.74) is 0. The Morgan fingerprint density at radius 3 is 2.35 bits per heavy atom. The van der Waals surface area contributed by atoms with Crippen molar-refractivity contribution in [1.29, 1.82) is 0 Å². The highest BCUT2D eigenvalue weighted by Crippen LogP contribution is 2.23. The van der Waals surface area contributed by atoms with Gasteiger partial charge in [0.1, 0.15) is 0 Å². The quantitative estimate of drug-likeness (QED) is 0.847. The first-order chi connectivity index (χ1) is 9.76. The van der Waals surface area contributed by atoms with Crippen molar-refractivity contribution < 1.29 is 4.74 Å². The van der Waals surface area contributed by atoms with E-state index in [1.165, 1.54) is 12.8 Å². The van der Waals surface area contributed by atoms with Gasteiger partial charge in [-0.3, -0.25) is 0 Å². The van der Waals surface area contributed by atoms with E-state index in [0.717, 1.165) is 39.0 Å². The Balaban J connectivity index is 1.81. The third-order valence-corrected chi connectivity index (χ3v) is 4.14. The summed E-state index contributed by atoms with van der Waals surface area (Å²) in [6.45, 7) is 3.76. The van der Waals surface area contributed by atoms with Gasteiger partial charge in [-0.1, -0.05) is 0 Å².